The number of thioether (sulfide) groups is 1. The van der Waals surface area contributed by atoms with Crippen LogP contribution in [0.5, 0.6) is 0 Å². The third kappa shape index (κ3) is 3.95. The van der Waals surface area contributed by atoms with E-state index in [1.54, 1.807) is 0 Å². The summed E-state index contributed by atoms with van der Waals surface area (Å²) in [6.07, 6.45) is 12.2. The first-order valence-corrected chi connectivity index (χ1v) is 9.75. The molecule has 3 rings (SSSR count). The lowest BCUT2D eigenvalue weighted by molar-refractivity contribution is -0.125. The second-order valence-electron chi connectivity index (χ2n) is 7.61. The predicted octanol–water partition coefficient (Wildman–Crippen LogP) is 3.22. The molecule has 0 bridgehead atoms. The molecular formula is C17H30N2OS. The zero-order valence-electron chi connectivity index (χ0n) is 13.3. The summed E-state index contributed by atoms with van der Waals surface area (Å²) < 4.78 is 0. The van der Waals surface area contributed by atoms with Crippen molar-refractivity contribution in [2.45, 2.75) is 93.2 Å². The normalized spacial score (nSPS) is 40.9. The van der Waals surface area contributed by atoms with E-state index in [-0.39, 0.29) is 5.91 Å². The van der Waals surface area contributed by atoms with Crippen LogP contribution in [0.15, 0.2) is 0 Å². The van der Waals surface area contributed by atoms with Gasteiger partial charge in [0, 0.05) is 16.5 Å². The summed E-state index contributed by atoms with van der Waals surface area (Å²) in [5.41, 5.74) is 5.38. The lowest BCUT2D eigenvalue weighted by atomic mass is 9.80. The van der Waals surface area contributed by atoms with Gasteiger partial charge in [-0.05, 0) is 57.3 Å². The maximum Gasteiger partial charge on any atom is 0.237 e. The fraction of sp³-hybridized carbons (Fsp3) is 0.941. The van der Waals surface area contributed by atoms with Crippen LogP contribution in [0.3, 0.4) is 0 Å². The van der Waals surface area contributed by atoms with Gasteiger partial charge in [-0.2, -0.15) is 11.8 Å². The zero-order valence-corrected chi connectivity index (χ0v) is 14.1. The molecule has 0 saturated heterocycles. The van der Waals surface area contributed by atoms with Crippen molar-refractivity contribution in [1.82, 2.24) is 5.32 Å². The summed E-state index contributed by atoms with van der Waals surface area (Å²) in [6, 6.07) is 0.552. The molecule has 0 aromatic rings. The van der Waals surface area contributed by atoms with Gasteiger partial charge in [-0.15, -0.1) is 0 Å². The number of hydrogen-bond acceptors (Lipinski definition) is 3. The van der Waals surface area contributed by atoms with Crippen LogP contribution in [0, 0.1) is 5.92 Å². The number of primary amides is 1. The largest absolute Gasteiger partial charge is 0.368 e. The zero-order chi connectivity index (χ0) is 14.9. The molecule has 0 heterocycles. The van der Waals surface area contributed by atoms with E-state index in [2.05, 4.69) is 24.0 Å². The highest BCUT2D eigenvalue weighted by Crippen LogP contribution is 2.42. The molecule has 0 radical (unpaired) electrons. The van der Waals surface area contributed by atoms with Gasteiger partial charge in [0.2, 0.25) is 5.91 Å². The van der Waals surface area contributed by atoms with Crippen LogP contribution >= 0.6 is 11.8 Å². The van der Waals surface area contributed by atoms with Crippen molar-refractivity contribution in [3.05, 3.63) is 0 Å². The van der Waals surface area contributed by atoms with Gasteiger partial charge in [0.05, 0.1) is 5.54 Å². The van der Waals surface area contributed by atoms with Gasteiger partial charge < -0.3 is 11.1 Å². The smallest absolute Gasteiger partial charge is 0.237 e. The number of carbonyl (C=O) groups excluding carboxylic acids is 1. The highest BCUT2D eigenvalue weighted by atomic mass is 32.2. The van der Waals surface area contributed by atoms with Crippen molar-refractivity contribution in [1.29, 1.82) is 0 Å². The molecule has 120 valence electrons. The molecule has 3 fully saturated rings. The minimum Gasteiger partial charge on any atom is -0.368 e. The number of carbonyl (C=O) groups is 1. The standard InChI is InChI=1S/C17H30N2OS/c1-12-4-2-5-14(10-12)21-15-6-3-9-17(11-15,16(18)20)19-13-7-8-13/h12-15,19H,2-11H2,1H3,(H2,18,20). The Bertz CT molecular complexity index is 385. The third-order valence-electron chi connectivity index (χ3n) is 5.51. The average Bonchev–Trinajstić information content (AvgIpc) is 3.23. The Morgan fingerprint density at radius 2 is 1.90 bits per heavy atom. The van der Waals surface area contributed by atoms with E-state index < -0.39 is 5.54 Å². The van der Waals surface area contributed by atoms with Gasteiger partial charge in [-0.25, -0.2) is 0 Å². The van der Waals surface area contributed by atoms with Crippen LogP contribution < -0.4 is 11.1 Å². The molecule has 0 aliphatic heterocycles. The van der Waals surface area contributed by atoms with E-state index in [0.29, 0.717) is 11.3 Å². The van der Waals surface area contributed by atoms with Crippen molar-refractivity contribution < 1.29 is 4.79 Å². The Morgan fingerprint density at radius 3 is 2.57 bits per heavy atom. The Labute approximate surface area is 133 Å². The molecule has 3 N–H and O–H groups in total. The van der Waals surface area contributed by atoms with Crippen LogP contribution in [-0.4, -0.2) is 28.0 Å². The van der Waals surface area contributed by atoms with Gasteiger partial charge in [0.15, 0.2) is 0 Å². The average molecular weight is 311 g/mol. The van der Waals surface area contributed by atoms with E-state index in [4.69, 9.17) is 5.73 Å². The van der Waals surface area contributed by atoms with Crippen molar-refractivity contribution in [3.63, 3.8) is 0 Å². The van der Waals surface area contributed by atoms with Crippen LogP contribution in [0.25, 0.3) is 0 Å². The molecule has 4 heteroatoms. The fourth-order valence-electron chi connectivity index (χ4n) is 4.16. The van der Waals surface area contributed by atoms with Gasteiger partial charge in [-0.3, -0.25) is 4.79 Å². The summed E-state index contributed by atoms with van der Waals surface area (Å²) >= 11 is 2.16. The van der Waals surface area contributed by atoms with E-state index in [9.17, 15) is 4.79 Å². The number of hydrogen-bond donors (Lipinski definition) is 2. The monoisotopic (exact) mass is 310 g/mol. The molecule has 4 atom stereocenters. The Balaban J connectivity index is 1.59. The summed E-state index contributed by atoms with van der Waals surface area (Å²) in [7, 11) is 0. The third-order valence-corrected chi connectivity index (χ3v) is 7.11. The van der Waals surface area contributed by atoms with Crippen molar-refractivity contribution in [3.8, 4) is 0 Å². The van der Waals surface area contributed by atoms with Gasteiger partial charge in [-0.1, -0.05) is 19.8 Å². The Hall–Kier alpha value is -0.220. The molecule has 1 amide bonds. The number of amides is 1. The molecule has 0 aromatic carbocycles. The van der Waals surface area contributed by atoms with Gasteiger partial charge in [0.25, 0.3) is 0 Å². The topological polar surface area (TPSA) is 55.1 Å². The van der Waals surface area contributed by atoms with E-state index in [1.165, 1.54) is 44.9 Å². The van der Waals surface area contributed by atoms with E-state index in [0.717, 1.165) is 30.4 Å². The second kappa shape index (κ2) is 6.49. The number of nitrogens with two attached hydrogens (primary N) is 1. The lowest BCUT2D eigenvalue weighted by Crippen LogP contribution is -2.59. The second-order valence-corrected chi connectivity index (χ2v) is 9.22. The molecule has 3 aliphatic carbocycles. The van der Waals surface area contributed by atoms with Crippen molar-refractivity contribution >= 4 is 17.7 Å². The highest BCUT2D eigenvalue weighted by molar-refractivity contribution is 8.00. The first-order valence-electron chi connectivity index (χ1n) is 8.80. The minimum atomic E-state index is -0.405. The van der Waals surface area contributed by atoms with E-state index >= 15 is 0 Å². The molecule has 0 aromatic heterocycles. The lowest BCUT2D eigenvalue weighted by Gasteiger charge is -2.41. The van der Waals surface area contributed by atoms with Crippen LogP contribution in [0.2, 0.25) is 0 Å². The number of rotatable bonds is 5. The fourth-order valence-corrected chi connectivity index (χ4v) is 6.13. The number of nitrogens with one attached hydrogen (secondary N) is 1. The summed E-state index contributed by atoms with van der Waals surface area (Å²) in [4.78, 5) is 12.1. The highest BCUT2D eigenvalue weighted by Gasteiger charge is 2.45. The van der Waals surface area contributed by atoms with Crippen molar-refractivity contribution in [2.75, 3.05) is 0 Å². The summed E-state index contributed by atoms with van der Waals surface area (Å²) in [5.74, 6) is 0.766. The van der Waals surface area contributed by atoms with Crippen LogP contribution in [-0.2, 0) is 4.79 Å². The predicted molar refractivity (Wildman–Crippen MR) is 89.4 cm³/mol. The first kappa shape index (κ1) is 15.7. The maximum absolute atomic E-state index is 12.1. The molecular weight excluding hydrogens is 280 g/mol. The SMILES string of the molecule is CC1CCCC(SC2CCCC(NC3CC3)(C(N)=O)C2)C1. The molecule has 3 nitrogen and oxygen atoms in total. The van der Waals surface area contributed by atoms with Crippen LogP contribution in [0.1, 0.15) is 71.1 Å². The first-order chi connectivity index (χ1) is 10.1. The van der Waals surface area contributed by atoms with Crippen molar-refractivity contribution in [2.24, 2.45) is 11.7 Å². The van der Waals surface area contributed by atoms with Gasteiger partial charge in [0.1, 0.15) is 0 Å². The summed E-state index contributed by atoms with van der Waals surface area (Å²) in [6.45, 7) is 2.38. The van der Waals surface area contributed by atoms with E-state index in [1.807, 2.05) is 0 Å². The quantitative estimate of drug-likeness (QED) is 0.820. The Kier molecular flexibility index (Phi) is 4.84. The van der Waals surface area contributed by atoms with Gasteiger partial charge >= 0.3 is 0 Å². The molecule has 4 unspecified atom stereocenters. The molecule has 21 heavy (non-hydrogen) atoms. The Morgan fingerprint density at radius 1 is 1.14 bits per heavy atom. The maximum atomic E-state index is 12.1. The molecule has 3 saturated carbocycles. The molecule has 0 spiro atoms. The summed E-state index contributed by atoms with van der Waals surface area (Å²) in [5, 5.41) is 5.02. The minimum absolute atomic E-state index is 0.114. The van der Waals surface area contributed by atoms with Crippen LogP contribution in [0.4, 0.5) is 0 Å². The molecule has 3 aliphatic rings.